The van der Waals surface area contributed by atoms with Gasteiger partial charge in [-0.15, -0.1) is 0 Å². The topological polar surface area (TPSA) is 12.5 Å². The van der Waals surface area contributed by atoms with Crippen molar-refractivity contribution in [1.82, 2.24) is 0 Å². The average molecular weight is 243 g/mol. The van der Waals surface area contributed by atoms with Crippen LogP contribution in [0.1, 0.15) is 5.56 Å². The Kier molecular flexibility index (Phi) is 2.67. The molecular weight excluding hydrogens is 229 g/mol. The lowest BCUT2D eigenvalue weighted by atomic mass is 10.2. The van der Waals surface area contributed by atoms with Crippen molar-refractivity contribution in [3.05, 3.63) is 53.8 Å². The molecule has 1 aliphatic heterocycles. The van der Waals surface area contributed by atoms with Crippen LogP contribution in [0.4, 0.5) is 15.8 Å². The zero-order chi connectivity index (χ0) is 12.5. The minimum absolute atomic E-state index is 0.244. The molecule has 3 heteroatoms. The molecule has 3 rings (SSSR count). The molecule has 2 aromatic rings. The van der Waals surface area contributed by atoms with Crippen molar-refractivity contribution in [3.8, 4) is 5.75 Å². The van der Waals surface area contributed by atoms with Gasteiger partial charge in [0, 0.05) is 18.3 Å². The normalized spacial score (nSPS) is 13.6. The van der Waals surface area contributed by atoms with Crippen LogP contribution in [0.25, 0.3) is 0 Å². The summed E-state index contributed by atoms with van der Waals surface area (Å²) in [6.45, 7) is 0.822. The minimum Gasteiger partial charge on any atom is -0.497 e. The van der Waals surface area contributed by atoms with Crippen LogP contribution in [-0.2, 0) is 6.42 Å². The van der Waals surface area contributed by atoms with Crippen LogP contribution in [0.3, 0.4) is 0 Å². The fourth-order valence-electron chi connectivity index (χ4n) is 2.42. The predicted molar refractivity (Wildman–Crippen MR) is 70.1 cm³/mol. The van der Waals surface area contributed by atoms with Crippen LogP contribution in [-0.4, -0.2) is 13.7 Å². The standard InChI is InChI=1S/C15H14FNO/c1-18-12-6-7-15(13(16)10-12)17-9-8-11-4-2-3-5-14(11)17/h2-7,10H,8-9H2,1H3. The Labute approximate surface area is 106 Å². The van der Waals surface area contributed by atoms with Crippen molar-refractivity contribution >= 4 is 11.4 Å². The predicted octanol–water partition coefficient (Wildman–Crippen LogP) is 3.53. The average Bonchev–Trinajstić information content (AvgIpc) is 2.82. The number of rotatable bonds is 2. The molecular formula is C15H14FNO. The number of hydrogen-bond donors (Lipinski definition) is 0. The highest BCUT2D eigenvalue weighted by molar-refractivity contribution is 5.70. The van der Waals surface area contributed by atoms with Gasteiger partial charge in [-0.1, -0.05) is 18.2 Å². The van der Waals surface area contributed by atoms with E-state index in [9.17, 15) is 4.39 Å². The second-order valence-electron chi connectivity index (χ2n) is 4.35. The second-order valence-corrected chi connectivity index (χ2v) is 4.35. The summed E-state index contributed by atoms with van der Waals surface area (Å²) in [7, 11) is 1.54. The summed E-state index contributed by atoms with van der Waals surface area (Å²) in [4.78, 5) is 2.02. The third-order valence-electron chi connectivity index (χ3n) is 3.33. The summed E-state index contributed by atoms with van der Waals surface area (Å²) in [5.74, 6) is 0.301. The van der Waals surface area contributed by atoms with Crippen molar-refractivity contribution in [1.29, 1.82) is 0 Å². The first-order valence-electron chi connectivity index (χ1n) is 5.98. The second kappa shape index (κ2) is 4.33. The molecule has 0 radical (unpaired) electrons. The Bertz CT molecular complexity index is 582. The van der Waals surface area contributed by atoms with Crippen LogP contribution in [0.2, 0.25) is 0 Å². The molecule has 0 unspecified atom stereocenters. The van der Waals surface area contributed by atoms with E-state index in [-0.39, 0.29) is 5.82 Å². The molecule has 0 amide bonds. The molecule has 0 saturated carbocycles. The lowest BCUT2D eigenvalue weighted by Gasteiger charge is -2.20. The van der Waals surface area contributed by atoms with Gasteiger partial charge in [-0.05, 0) is 30.2 Å². The summed E-state index contributed by atoms with van der Waals surface area (Å²) in [6.07, 6.45) is 0.960. The third kappa shape index (κ3) is 1.72. The van der Waals surface area contributed by atoms with Gasteiger partial charge < -0.3 is 9.64 Å². The minimum atomic E-state index is -0.244. The van der Waals surface area contributed by atoms with Crippen molar-refractivity contribution in [3.63, 3.8) is 0 Å². The summed E-state index contributed by atoms with van der Waals surface area (Å²) < 4.78 is 19.1. The van der Waals surface area contributed by atoms with E-state index < -0.39 is 0 Å². The fraction of sp³-hybridized carbons (Fsp3) is 0.200. The van der Waals surface area contributed by atoms with Crippen molar-refractivity contribution in [2.45, 2.75) is 6.42 Å². The third-order valence-corrected chi connectivity index (χ3v) is 3.33. The highest BCUT2D eigenvalue weighted by atomic mass is 19.1. The van der Waals surface area contributed by atoms with Crippen LogP contribution >= 0.6 is 0 Å². The number of methoxy groups -OCH3 is 1. The largest absolute Gasteiger partial charge is 0.497 e. The molecule has 2 aromatic carbocycles. The zero-order valence-electron chi connectivity index (χ0n) is 10.2. The smallest absolute Gasteiger partial charge is 0.150 e. The van der Waals surface area contributed by atoms with E-state index in [0.29, 0.717) is 11.4 Å². The Morgan fingerprint density at radius 2 is 1.94 bits per heavy atom. The van der Waals surface area contributed by atoms with Gasteiger partial charge in [0.25, 0.3) is 0 Å². The van der Waals surface area contributed by atoms with Gasteiger partial charge in [-0.2, -0.15) is 0 Å². The van der Waals surface area contributed by atoms with E-state index in [1.54, 1.807) is 19.2 Å². The number of para-hydroxylation sites is 1. The Morgan fingerprint density at radius 3 is 2.72 bits per heavy atom. The summed E-state index contributed by atoms with van der Waals surface area (Å²) >= 11 is 0. The maximum absolute atomic E-state index is 14.1. The summed E-state index contributed by atoms with van der Waals surface area (Å²) in [6, 6.07) is 13.1. The number of anilines is 2. The molecule has 0 N–H and O–H groups in total. The first kappa shape index (κ1) is 11.1. The Morgan fingerprint density at radius 1 is 1.11 bits per heavy atom. The highest BCUT2D eigenvalue weighted by Gasteiger charge is 2.22. The molecule has 0 spiro atoms. The molecule has 1 heterocycles. The Hall–Kier alpha value is -2.03. The molecule has 2 nitrogen and oxygen atoms in total. The van der Waals surface area contributed by atoms with E-state index in [4.69, 9.17) is 4.74 Å². The number of halogens is 1. The van der Waals surface area contributed by atoms with E-state index in [1.165, 1.54) is 11.6 Å². The molecule has 1 aliphatic rings. The first-order chi connectivity index (χ1) is 8.79. The SMILES string of the molecule is COc1ccc(N2CCc3ccccc32)c(F)c1. The van der Waals surface area contributed by atoms with Gasteiger partial charge in [0.15, 0.2) is 5.82 Å². The molecule has 0 aliphatic carbocycles. The van der Waals surface area contributed by atoms with E-state index in [1.807, 2.05) is 23.1 Å². The zero-order valence-corrected chi connectivity index (χ0v) is 10.2. The number of fused-ring (bicyclic) bond motifs is 1. The van der Waals surface area contributed by atoms with Gasteiger partial charge >= 0.3 is 0 Å². The van der Waals surface area contributed by atoms with Gasteiger partial charge in [-0.25, -0.2) is 4.39 Å². The van der Waals surface area contributed by atoms with E-state index >= 15 is 0 Å². The molecule has 18 heavy (non-hydrogen) atoms. The van der Waals surface area contributed by atoms with Gasteiger partial charge in [0.1, 0.15) is 5.75 Å². The number of benzene rings is 2. The number of nitrogens with zero attached hydrogens (tertiary/aromatic N) is 1. The van der Waals surface area contributed by atoms with E-state index in [0.717, 1.165) is 18.7 Å². The monoisotopic (exact) mass is 243 g/mol. The van der Waals surface area contributed by atoms with Gasteiger partial charge in [0.05, 0.1) is 12.8 Å². The Balaban J connectivity index is 2.02. The maximum atomic E-state index is 14.1. The quantitative estimate of drug-likeness (QED) is 0.800. The first-order valence-corrected chi connectivity index (χ1v) is 5.98. The summed E-state index contributed by atoms with van der Waals surface area (Å²) in [5, 5.41) is 0. The number of ether oxygens (including phenoxy) is 1. The van der Waals surface area contributed by atoms with Crippen LogP contribution in [0.5, 0.6) is 5.75 Å². The molecule has 0 saturated heterocycles. The summed E-state index contributed by atoms with van der Waals surface area (Å²) in [5.41, 5.74) is 2.98. The molecule has 0 aromatic heterocycles. The molecule has 0 fully saturated rings. The lowest BCUT2D eigenvalue weighted by molar-refractivity contribution is 0.411. The van der Waals surface area contributed by atoms with Crippen molar-refractivity contribution in [2.24, 2.45) is 0 Å². The van der Waals surface area contributed by atoms with Crippen LogP contribution in [0.15, 0.2) is 42.5 Å². The lowest BCUT2D eigenvalue weighted by Crippen LogP contribution is -2.14. The van der Waals surface area contributed by atoms with Crippen molar-refractivity contribution < 1.29 is 9.13 Å². The van der Waals surface area contributed by atoms with Crippen LogP contribution in [0, 0.1) is 5.82 Å². The van der Waals surface area contributed by atoms with Gasteiger partial charge in [-0.3, -0.25) is 0 Å². The fourth-order valence-corrected chi connectivity index (χ4v) is 2.42. The highest BCUT2D eigenvalue weighted by Crippen LogP contribution is 2.36. The van der Waals surface area contributed by atoms with Gasteiger partial charge in [0.2, 0.25) is 0 Å². The van der Waals surface area contributed by atoms with Crippen LogP contribution < -0.4 is 9.64 Å². The molecule has 92 valence electrons. The van der Waals surface area contributed by atoms with E-state index in [2.05, 4.69) is 6.07 Å². The number of hydrogen-bond acceptors (Lipinski definition) is 2. The molecule has 0 atom stereocenters. The van der Waals surface area contributed by atoms with Crippen molar-refractivity contribution in [2.75, 3.05) is 18.6 Å². The maximum Gasteiger partial charge on any atom is 0.150 e. The molecule has 0 bridgehead atoms.